The van der Waals surface area contributed by atoms with Gasteiger partial charge in [-0.15, -0.1) is 0 Å². The van der Waals surface area contributed by atoms with Gasteiger partial charge in [0.2, 0.25) is 0 Å². The van der Waals surface area contributed by atoms with Crippen LogP contribution in [0.25, 0.3) is 77.6 Å². The first-order valence-electron chi connectivity index (χ1n) is 24.2. The van der Waals surface area contributed by atoms with Gasteiger partial charge in [-0.3, -0.25) is 0 Å². The van der Waals surface area contributed by atoms with Gasteiger partial charge in [0.25, 0.3) is 0 Å². The maximum absolute atomic E-state index is 6.80. The summed E-state index contributed by atoms with van der Waals surface area (Å²) in [6.07, 6.45) is 0. The van der Waals surface area contributed by atoms with E-state index in [0.29, 0.717) is 0 Å². The number of furan rings is 1. The minimum Gasteiger partial charge on any atom is -0.456 e. The third-order valence-corrected chi connectivity index (χ3v) is 15.2. The molecule has 1 unspecified atom stereocenters. The Kier molecular flexibility index (Phi) is 8.28. The summed E-state index contributed by atoms with van der Waals surface area (Å²) in [4.78, 5) is 4.97. The van der Waals surface area contributed by atoms with Crippen LogP contribution in [-0.4, -0.2) is 0 Å². The van der Waals surface area contributed by atoms with Crippen LogP contribution in [0.15, 0.2) is 259 Å². The van der Waals surface area contributed by atoms with E-state index in [1.165, 1.54) is 72.3 Å². The SMILES string of the molecule is c1ccc(N(c2ccc3c(c2)C2(c4ccccc4-c4ccccc4-3)c3ccccc3-c3cc4c(cc32)oc2ccccc24)c2cccc3c2N(c2ccccc2)c2ccccc2-c2ccccc2-3)cc1. The molecule has 0 N–H and O–H groups in total. The lowest BCUT2D eigenvalue weighted by Gasteiger charge is -2.37. The molecule has 2 heterocycles. The number of nitrogens with zero attached hydrogens (tertiary/aromatic N) is 2. The first-order chi connectivity index (χ1) is 34.8. The van der Waals surface area contributed by atoms with Gasteiger partial charge in [0.1, 0.15) is 11.2 Å². The second-order valence-electron chi connectivity index (χ2n) is 18.7. The van der Waals surface area contributed by atoms with Gasteiger partial charge in [-0.2, -0.15) is 0 Å². The quantitative estimate of drug-likeness (QED) is 0.176. The van der Waals surface area contributed by atoms with E-state index in [4.69, 9.17) is 4.42 Å². The van der Waals surface area contributed by atoms with Gasteiger partial charge in [0.05, 0.1) is 22.5 Å². The highest BCUT2D eigenvalue weighted by molar-refractivity contribution is 6.10. The van der Waals surface area contributed by atoms with E-state index in [2.05, 4.69) is 265 Å². The lowest BCUT2D eigenvalue weighted by molar-refractivity contribution is 0.666. The molecule has 3 aliphatic rings. The predicted molar refractivity (Wildman–Crippen MR) is 289 cm³/mol. The Labute approximate surface area is 406 Å². The van der Waals surface area contributed by atoms with Gasteiger partial charge in [0.15, 0.2) is 0 Å². The molecule has 0 amide bonds. The van der Waals surface area contributed by atoms with Crippen LogP contribution in [0.2, 0.25) is 0 Å². The molecule has 1 aliphatic heterocycles. The molecule has 15 rings (SSSR count). The third-order valence-electron chi connectivity index (χ3n) is 15.2. The van der Waals surface area contributed by atoms with Crippen molar-refractivity contribution in [3.63, 3.8) is 0 Å². The molecular formula is C67H42N2O. The molecule has 1 spiro atoms. The number of rotatable bonds is 4. The lowest BCUT2D eigenvalue weighted by Crippen LogP contribution is -2.29. The molecule has 3 nitrogen and oxygen atoms in total. The highest BCUT2D eigenvalue weighted by atomic mass is 16.3. The molecule has 70 heavy (non-hydrogen) atoms. The Morgan fingerprint density at radius 2 is 0.843 bits per heavy atom. The summed E-state index contributed by atoms with van der Waals surface area (Å²) in [7, 11) is 0. The van der Waals surface area contributed by atoms with Crippen LogP contribution in [-0.2, 0) is 5.41 Å². The van der Waals surface area contributed by atoms with Crippen LogP contribution < -0.4 is 9.80 Å². The fourth-order valence-electron chi connectivity index (χ4n) is 12.4. The highest BCUT2D eigenvalue weighted by Gasteiger charge is 2.50. The minimum atomic E-state index is -0.732. The smallest absolute Gasteiger partial charge is 0.135 e. The zero-order chi connectivity index (χ0) is 45.9. The molecule has 0 radical (unpaired) electrons. The zero-order valence-electron chi connectivity index (χ0n) is 38.1. The molecule has 0 saturated heterocycles. The van der Waals surface area contributed by atoms with E-state index in [9.17, 15) is 0 Å². The van der Waals surface area contributed by atoms with Crippen molar-refractivity contribution in [2.75, 3.05) is 9.80 Å². The number of para-hydroxylation sites is 5. The van der Waals surface area contributed by atoms with Crippen LogP contribution >= 0.6 is 0 Å². The van der Waals surface area contributed by atoms with Crippen molar-refractivity contribution in [3.8, 4) is 55.6 Å². The molecule has 326 valence electrons. The summed E-state index contributed by atoms with van der Waals surface area (Å²) in [5.41, 5.74) is 24.7. The van der Waals surface area contributed by atoms with E-state index in [1.807, 2.05) is 0 Å². The summed E-state index contributed by atoms with van der Waals surface area (Å²) in [5, 5.41) is 2.26. The summed E-state index contributed by atoms with van der Waals surface area (Å²) in [6, 6.07) is 94.0. The molecular weight excluding hydrogens is 849 g/mol. The van der Waals surface area contributed by atoms with Crippen LogP contribution in [0, 0.1) is 0 Å². The Hall–Kier alpha value is -9.18. The van der Waals surface area contributed by atoms with Gasteiger partial charge in [-0.25, -0.2) is 0 Å². The lowest BCUT2D eigenvalue weighted by atomic mass is 9.65. The van der Waals surface area contributed by atoms with Crippen molar-refractivity contribution >= 4 is 56.1 Å². The van der Waals surface area contributed by atoms with Crippen molar-refractivity contribution in [1.29, 1.82) is 0 Å². The van der Waals surface area contributed by atoms with Gasteiger partial charge >= 0.3 is 0 Å². The van der Waals surface area contributed by atoms with E-state index in [1.54, 1.807) is 0 Å². The Morgan fingerprint density at radius 1 is 0.314 bits per heavy atom. The number of fused-ring (bicyclic) bond motifs is 20. The van der Waals surface area contributed by atoms with E-state index in [-0.39, 0.29) is 0 Å². The second kappa shape index (κ2) is 14.9. The van der Waals surface area contributed by atoms with Crippen LogP contribution in [0.3, 0.4) is 0 Å². The summed E-state index contributed by atoms with van der Waals surface area (Å²) < 4.78 is 6.80. The maximum atomic E-state index is 6.80. The zero-order valence-corrected chi connectivity index (χ0v) is 38.1. The molecule has 12 aromatic rings. The third kappa shape index (κ3) is 5.34. The summed E-state index contributed by atoms with van der Waals surface area (Å²) >= 11 is 0. The summed E-state index contributed by atoms with van der Waals surface area (Å²) in [5.74, 6) is 0. The molecule has 1 atom stereocenters. The average molecular weight is 891 g/mol. The largest absolute Gasteiger partial charge is 0.456 e. The fourth-order valence-corrected chi connectivity index (χ4v) is 12.4. The van der Waals surface area contributed by atoms with Crippen LogP contribution in [0.5, 0.6) is 0 Å². The Bertz CT molecular complexity index is 4090. The molecule has 3 heteroatoms. The number of hydrogen-bond acceptors (Lipinski definition) is 3. The monoisotopic (exact) mass is 890 g/mol. The van der Waals surface area contributed by atoms with Crippen molar-refractivity contribution < 1.29 is 4.42 Å². The maximum Gasteiger partial charge on any atom is 0.135 e. The number of anilines is 6. The number of hydrogen-bond donors (Lipinski definition) is 0. The normalized spacial score (nSPS) is 14.6. The van der Waals surface area contributed by atoms with E-state index >= 15 is 0 Å². The van der Waals surface area contributed by atoms with Crippen molar-refractivity contribution in [3.05, 3.63) is 277 Å². The van der Waals surface area contributed by atoms with E-state index in [0.717, 1.165) is 61.6 Å². The van der Waals surface area contributed by atoms with Crippen LogP contribution in [0.4, 0.5) is 34.1 Å². The molecule has 0 bridgehead atoms. The van der Waals surface area contributed by atoms with E-state index < -0.39 is 5.41 Å². The van der Waals surface area contributed by atoms with Crippen molar-refractivity contribution in [1.82, 2.24) is 0 Å². The Balaban J connectivity index is 1.07. The topological polar surface area (TPSA) is 19.6 Å². The highest BCUT2D eigenvalue weighted by Crippen LogP contribution is 2.63. The van der Waals surface area contributed by atoms with Crippen molar-refractivity contribution in [2.24, 2.45) is 0 Å². The number of benzene rings is 11. The van der Waals surface area contributed by atoms with Gasteiger partial charge in [-0.1, -0.05) is 188 Å². The first kappa shape index (κ1) is 38.9. The molecule has 1 aromatic heterocycles. The molecule has 2 aliphatic carbocycles. The van der Waals surface area contributed by atoms with Gasteiger partial charge in [-0.05, 0) is 133 Å². The molecule has 11 aromatic carbocycles. The predicted octanol–water partition coefficient (Wildman–Crippen LogP) is 18.2. The minimum absolute atomic E-state index is 0.732. The summed E-state index contributed by atoms with van der Waals surface area (Å²) in [6.45, 7) is 0. The molecule has 0 fully saturated rings. The van der Waals surface area contributed by atoms with Gasteiger partial charge in [0, 0.05) is 39.0 Å². The van der Waals surface area contributed by atoms with Crippen LogP contribution in [0.1, 0.15) is 22.3 Å². The first-order valence-corrected chi connectivity index (χ1v) is 24.2. The second-order valence-corrected chi connectivity index (χ2v) is 18.7. The van der Waals surface area contributed by atoms with Gasteiger partial charge < -0.3 is 14.2 Å². The van der Waals surface area contributed by atoms with Crippen molar-refractivity contribution in [2.45, 2.75) is 5.41 Å². The Morgan fingerprint density at radius 3 is 1.57 bits per heavy atom. The average Bonchev–Trinajstić information content (AvgIpc) is 3.86. The fraction of sp³-hybridized carbons (Fsp3) is 0.0149. The standard InChI is InChI=1S/C67H42N2O/c1-3-20-43(21-4-1)68(63-36-19-32-55-49-27-10-9-26-48(49)53-30-13-17-35-62(53)69(66(55)63)44-22-5-2-6-23-44)45-38-39-52-47-25-8-7-24-46(47)50-28-11-15-33-58(50)67(60(52)40-45)59-34-16-12-29-51(59)56-41-57-54-31-14-18-37-64(54)70-65(57)42-61(56)67/h1-42H. The molecule has 0 saturated carbocycles.